The molecular formula is C22H25ClN4O2. The summed E-state index contributed by atoms with van der Waals surface area (Å²) in [6.07, 6.45) is 6.24. The van der Waals surface area contributed by atoms with E-state index < -0.39 is 10.9 Å². The van der Waals surface area contributed by atoms with Crippen molar-refractivity contribution in [2.75, 3.05) is 20.1 Å². The summed E-state index contributed by atoms with van der Waals surface area (Å²) >= 11 is 6.85. The number of nitrogens with one attached hydrogen (secondary N) is 2. The van der Waals surface area contributed by atoms with Gasteiger partial charge in [-0.2, -0.15) is 5.26 Å². The molecule has 1 aliphatic heterocycles. The summed E-state index contributed by atoms with van der Waals surface area (Å²) in [7, 11) is 1.55. The monoisotopic (exact) mass is 412 g/mol. The average Bonchev–Trinajstić information content (AvgIpc) is 3.13. The molecule has 1 aromatic carbocycles. The summed E-state index contributed by atoms with van der Waals surface area (Å²) < 4.78 is 0. The molecule has 1 aromatic rings. The third-order valence-corrected chi connectivity index (χ3v) is 5.94. The van der Waals surface area contributed by atoms with E-state index in [4.69, 9.17) is 16.9 Å². The standard InChI is InChI=1S/C22H25ClN4O2/c1-15-12-18(20(28)26-11-10-24)27(14-15)19-13-17(16-6-4-3-5-7-16)8-9-22(19,23)21(29)25-2/h3-9,13,15,17-18H,11-12,14H2,1-2H3,(H,25,29)(H,26,28)/t15?,17?,18-,22?/m0/s1. The molecule has 2 N–H and O–H groups in total. The molecule has 7 heteroatoms. The van der Waals surface area contributed by atoms with Gasteiger partial charge in [-0.15, -0.1) is 0 Å². The normalized spacial score (nSPS) is 28.4. The zero-order chi connectivity index (χ0) is 21.0. The summed E-state index contributed by atoms with van der Waals surface area (Å²) in [6, 6.07) is 11.4. The van der Waals surface area contributed by atoms with Crippen molar-refractivity contribution >= 4 is 23.4 Å². The minimum atomic E-state index is -1.39. The van der Waals surface area contributed by atoms with Gasteiger partial charge in [-0.05, 0) is 17.9 Å². The first-order chi connectivity index (χ1) is 13.9. The second kappa shape index (κ2) is 8.71. The smallest absolute Gasteiger partial charge is 0.250 e. The zero-order valence-electron chi connectivity index (χ0n) is 16.6. The van der Waals surface area contributed by atoms with Gasteiger partial charge < -0.3 is 15.5 Å². The Bertz CT molecular complexity index is 877. The quantitative estimate of drug-likeness (QED) is 0.441. The summed E-state index contributed by atoms with van der Waals surface area (Å²) in [6.45, 7) is 2.62. The van der Waals surface area contributed by atoms with Gasteiger partial charge >= 0.3 is 0 Å². The van der Waals surface area contributed by atoms with Crippen molar-refractivity contribution in [2.45, 2.75) is 30.2 Å². The SMILES string of the molecule is CNC(=O)C1(Cl)C=CC(c2ccccc2)C=C1N1CC(C)C[C@H]1C(=O)NCC#N. The van der Waals surface area contributed by atoms with Crippen molar-refractivity contribution in [2.24, 2.45) is 5.92 Å². The van der Waals surface area contributed by atoms with Crippen LogP contribution in [-0.4, -0.2) is 47.8 Å². The van der Waals surface area contributed by atoms with Gasteiger partial charge in [0.25, 0.3) is 5.91 Å². The van der Waals surface area contributed by atoms with E-state index in [0.717, 1.165) is 5.56 Å². The lowest BCUT2D eigenvalue weighted by Crippen LogP contribution is -2.51. The van der Waals surface area contributed by atoms with Crippen LogP contribution in [0.5, 0.6) is 0 Å². The molecule has 1 fully saturated rings. The van der Waals surface area contributed by atoms with Crippen molar-refractivity contribution in [1.29, 1.82) is 5.26 Å². The highest BCUT2D eigenvalue weighted by Gasteiger charge is 2.47. The van der Waals surface area contributed by atoms with Crippen LogP contribution in [0, 0.1) is 17.2 Å². The Morgan fingerprint density at radius 2 is 2.07 bits per heavy atom. The maximum atomic E-state index is 12.7. The molecular weight excluding hydrogens is 388 g/mol. The summed E-state index contributed by atoms with van der Waals surface area (Å²) in [4.78, 5) is 26.0. The lowest BCUT2D eigenvalue weighted by molar-refractivity contribution is -0.126. The number of amides is 2. The fraction of sp³-hybridized carbons (Fsp3) is 0.409. The number of benzene rings is 1. The first kappa shape index (κ1) is 20.9. The van der Waals surface area contributed by atoms with Crippen LogP contribution in [0.4, 0.5) is 0 Å². The lowest BCUT2D eigenvalue weighted by atomic mass is 9.86. The number of nitriles is 1. The highest BCUT2D eigenvalue weighted by molar-refractivity contribution is 6.38. The number of allylic oxidation sites excluding steroid dienone is 2. The van der Waals surface area contributed by atoms with Crippen molar-refractivity contribution in [1.82, 2.24) is 15.5 Å². The molecule has 1 aliphatic carbocycles. The molecule has 0 aromatic heterocycles. The number of hydrogen-bond acceptors (Lipinski definition) is 4. The first-order valence-corrected chi connectivity index (χ1v) is 10.1. The fourth-order valence-electron chi connectivity index (χ4n) is 4.04. The third kappa shape index (κ3) is 4.15. The van der Waals surface area contributed by atoms with E-state index in [1.54, 1.807) is 13.1 Å². The topological polar surface area (TPSA) is 85.2 Å². The van der Waals surface area contributed by atoms with Crippen LogP contribution in [0.15, 0.2) is 54.3 Å². The molecule has 3 unspecified atom stereocenters. The molecule has 4 atom stereocenters. The molecule has 0 radical (unpaired) electrons. The van der Waals surface area contributed by atoms with E-state index in [9.17, 15) is 9.59 Å². The molecule has 29 heavy (non-hydrogen) atoms. The highest BCUT2D eigenvalue weighted by Crippen LogP contribution is 2.41. The molecule has 3 rings (SSSR count). The number of carbonyl (C=O) groups is 2. The maximum absolute atomic E-state index is 12.7. The Hall–Kier alpha value is -2.78. The Balaban J connectivity index is 2.02. The van der Waals surface area contributed by atoms with Crippen LogP contribution in [0.25, 0.3) is 0 Å². The molecule has 1 saturated heterocycles. The van der Waals surface area contributed by atoms with Crippen LogP contribution >= 0.6 is 11.6 Å². The third-order valence-electron chi connectivity index (χ3n) is 5.45. The second-order valence-electron chi connectivity index (χ2n) is 7.52. The Morgan fingerprint density at radius 1 is 1.34 bits per heavy atom. The predicted octanol–water partition coefficient (Wildman–Crippen LogP) is 2.30. The minimum Gasteiger partial charge on any atom is -0.361 e. The molecule has 2 amide bonds. The zero-order valence-corrected chi connectivity index (χ0v) is 17.3. The average molecular weight is 413 g/mol. The molecule has 2 aliphatic rings. The minimum absolute atomic E-state index is 0.0510. The van der Waals surface area contributed by atoms with Gasteiger partial charge in [0.15, 0.2) is 4.87 Å². The van der Waals surface area contributed by atoms with Crippen LogP contribution in [0.3, 0.4) is 0 Å². The van der Waals surface area contributed by atoms with E-state index in [0.29, 0.717) is 18.7 Å². The molecule has 1 heterocycles. The van der Waals surface area contributed by atoms with Gasteiger partial charge in [-0.1, -0.05) is 67.1 Å². The number of carbonyl (C=O) groups excluding carboxylic acids is 2. The largest absolute Gasteiger partial charge is 0.361 e. The van der Waals surface area contributed by atoms with Gasteiger partial charge in [-0.3, -0.25) is 9.59 Å². The number of likely N-dealkylation sites (tertiary alicyclic amines) is 1. The van der Waals surface area contributed by atoms with Gasteiger partial charge in [-0.25, -0.2) is 0 Å². The predicted molar refractivity (Wildman–Crippen MR) is 112 cm³/mol. The summed E-state index contributed by atoms with van der Waals surface area (Å²) in [5.41, 5.74) is 1.69. The van der Waals surface area contributed by atoms with E-state index in [1.807, 2.05) is 53.5 Å². The number of alkyl halides is 1. The van der Waals surface area contributed by atoms with Crippen LogP contribution < -0.4 is 10.6 Å². The van der Waals surface area contributed by atoms with Crippen LogP contribution in [0.1, 0.15) is 24.8 Å². The van der Waals surface area contributed by atoms with Crippen LogP contribution in [0.2, 0.25) is 0 Å². The molecule has 6 nitrogen and oxygen atoms in total. The molecule has 0 saturated carbocycles. The van der Waals surface area contributed by atoms with Crippen molar-refractivity contribution in [3.8, 4) is 6.07 Å². The van der Waals surface area contributed by atoms with Gasteiger partial charge in [0.2, 0.25) is 5.91 Å². The number of nitrogens with zero attached hydrogens (tertiary/aromatic N) is 2. The first-order valence-electron chi connectivity index (χ1n) is 9.69. The Kier molecular flexibility index (Phi) is 6.29. The summed E-state index contributed by atoms with van der Waals surface area (Å²) in [5.74, 6) is -0.371. The van der Waals surface area contributed by atoms with Gasteiger partial charge in [0.1, 0.15) is 12.6 Å². The van der Waals surface area contributed by atoms with E-state index in [1.165, 1.54) is 0 Å². The number of halogens is 1. The fourth-order valence-corrected chi connectivity index (χ4v) is 4.37. The van der Waals surface area contributed by atoms with Gasteiger partial charge in [0, 0.05) is 25.2 Å². The van der Waals surface area contributed by atoms with Crippen LogP contribution in [-0.2, 0) is 9.59 Å². The number of rotatable bonds is 5. The molecule has 0 bridgehead atoms. The van der Waals surface area contributed by atoms with Gasteiger partial charge in [0.05, 0.1) is 6.07 Å². The van der Waals surface area contributed by atoms with E-state index in [-0.39, 0.29) is 30.2 Å². The van der Waals surface area contributed by atoms with Crippen molar-refractivity contribution in [3.63, 3.8) is 0 Å². The maximum Gasteiger partial charge on any atom is 0.250 e. The number of hydrogen-bond donors (Lipinski definition) is 2. The second-order valence-corrected chi connectivity index (χ2v) is 8.12. The molecule has 0 spiro atoms. The van der Waals surface area contributed by atoms with Crippen molar-refractivity contribution in [3.05, 3.63) is 59.8 Å². The van der Waals surface area contributed by atoms with E-state index >= 15 is 0 Å². The lowest BCUT2D eigenvalue weighted by Gasteiger charge is -2.38. The van der Waals surface area contributed by atoms with E-state index in [2.05, 4.69) is 17.6 Å². The Morgan fingerprint density at radius 3 is 2.72 bits per heavy atom. The molecule has 152 valence electrons. The Labute approximate surface area is 176 Å². The summed E-state index contributed by atoms with van der Waals surface area (Å²) in [5, 5.41) is 14.1. The highest BCUT2D eigenvalue weighted by atomic mass is 35.5. The van der Waals surface area contributed by atoms with Crippen molar-refractivity contribution < 1.29 is 9.59 Å².